The first-order valence-electron chi connectivity index (χ1n) is 6.33. The predicted octanol–water partition coefficient (Wildman–Crippen LogP) is 3.33. The Morgan fingerprint density at radius 3 is 2.81 bits per heavy atom. The molecule has 0 bridgehead atoms. The number of hydrogen-bond donors (Lipinski definition) is 1. The fourth-order valence-corrected chi connectivity index (χ4v) is 3.26. The maximum atomic E-state index is 10.0. The van der Waals surface area contributed by atoms with Gasteiger partial charge in [-0.25, -0.2) is 4.98 Å². The van der Waals surface area contributed by atoms with Crippen molar-refractivity contribution in [3.8, 4) is 0 Å². The Labute approximate surface area is 102 Å². The quantitative estimate of drug-likeness (QED) is 0.874. The number of aliphatic hydroxyl groups excluding tert-OH is 1. The minimum atomic E-state index is -0.190. The molecule has 0 aliphatic heterocycles. The molecule has 90 valence electrons. The van der Waals surface area contributed by atoms with Crippen LogP contribution < -0.4 is 0 Å². The van der Waals surface area contributed by atoms with E-state index in [2.05, 4.69) is 10.4 Å². The van der Waals surface area contributed by atoms with Gasteiger partial charge in [-0.05, 0) is 19.3 Å². The minimum absolute atomic E-state index is 0.190. The summed E-state index contributed by atoms with van der Waals surface area (Å²) in [6.45, 7) is 2.02. The van der Waals surface area contributed by atoms with E-state index in [4.69, 9.17) is 0 Å². The van der Waals surface area contributed by atoms with Gasteiger partial charge in [-0.2, -0.15) is 0 Å². The van der Waals surface area contributed by atoms with Crippen LogP contribution in [0.2, 0.25) is 0 Å². The molecule has 1 aromatic heterocycles. The first-order chi connectivity index (χ1) is 7.74. The molecule has 0 amide bonds. The maximum absolute atomic E-state index is 10.0. The van der Waals surface area contributed by atoms with E-state index in [1.807, 2.05) is 6.92 Å². The van der Waals surface area contributed by atoms with E-state index in [1.54, 1.807) is 11.3 Å². The van der Waals surface area contributed by atoms with Gasteiger partial charge in [-0.1, -0.05) is 32.1 Å². The van der Waals surface area contributed by atoms with Gasteiger partial charge in [0.1, 0.15) is 0 Å². The molecule has 1 heterocycles. The van der Waals surface area contributed by atoms with Crippen molar-refractivity contribution in [2.45, 2.75) is 58.0 Å². The largest absolute Gasteiger partial charge is 0.393 e. The molecule has 1 fully saturated rings. The van der Waals surface area contributed by atoms with E-state index >= 15 is 0 Å². The topological polar surface area (TPSA) is 33.1 Å². The number of rotatable bonds is 4. The fourth-order valence-electron chi connectivity index (χ4n) is 2.63. The Morgan fingerprint density at radius 2 is 2.19 bits per heavy atom. The Balaban J connectivity index is 1.77. The number of hydrogen-bond acceptors (Lipinski definition) is 3. The van der Waals surface area contributed by atoms with Crippen LogP contribution in [0.3, 0.4) is 0 Å². The summed E-state index contributed by atoms with van der Waals surface area (Å²) in [6.07, 6.45) is 8.24. The number of nitrogens with zero attached hydrogens (tertiary/aromatic N) is 1. The van der Waals surface area contributed by atoms with E-state index in [1.165, 1.54) is 32.1 Å². The maximum Gasteiger partial charge on any atom is 0.0897 e. The zero-order chi connectivity index (χ0) is 11.4. The molecule has 1 N–H and O–H groups in total. The van der Waals surface area contributed by atoms with Crippen LogP contribution in [0.15, 0.2) is 5.38 Å². The Hall–Kier alpha value is -0.410. The first-order valence-corrected chi connectivity index (χ1v) is 7.21. The van der Waals surface area contributed by atoms with E-state index < -0.39 is 0 Å². The molecule has 0 spiro atoms. The van der Waals surface area contributed by atoms with Crippen LogP contribution in [-0.2, 0) is 6.42 Å². The summed E-state index contributed by atoms with van der Waals surface area (Å²) in [7, 11) is 0. The van der Waals surface area contributed by atoms with Gasteiger partial charge in [0.25, 0.3) is 0 Å². The zero-order valence-corrected chi connectivity index (χ0v) is 10.8. The highest BCUT2D eigenvalue weighted by molar-refractivity contribution is 7.09. The lowest BCUT2D eigenvalue weighted by atomic mass is 9.85. The zero-order valence-electron chi connectivity index (χ0n) is 9.98. The molecule has 1 aliphatic carbocycles. The Kier molecular flexibility index (Phi) is 4.36. The molecule has 2 nitrogen and oxygen atoms in total. The summed E-state index contributed by atoms with van der Waals surface area (Å²) >= 11 is 1.67. The van der Waals surface area contributed by atoms with Crippen molar-refractivity contribution in [3.63, 3.8) is 0 Å². The summed E-state index contributed by atoms with van der Waals surface area (Å²) in [4.78, 5) is 4.40. The van der Waals surface area contributed by atoms with Gasteiger partial charge in [0.2, 0.25) is 0 Å². The highest BCUT2D eigenvalue weighted by Gasteiger charge is 2.18. The van der Waals surface area contributed by atoms with Crippen LogP contribution in [-0.4, -0.2) is 16.2 Å². The van der Waals surface area contributed by atoms with Crippen molar-refractivity contribution < 1.29 is 5.11 Å². The number of aliphatic hydroxyl groups is 1. The molecular weight excluding hydrogens is 218 g/mol. The summed E-state index contributed by atoms with van der Waals surface area (Å²) in [5, 5.41) is 13.2. The second-order valence-electron chi connectivity index (χ2n) is 4.96. The van der Waals surface area contributed by atoms with Crippen LogP contribution in [0.25, 0.3) is 0 Å². The van der Waals surface area contributed by atoms with Gasteiger partial charge < -0.3 is 5.11 Å². The second-order valence-corrected chi connectivity index (χ2v) is 6.02. The highest BCUT2D eigenvalue weighted by atomic mass is 32.1. The van der Waals surface area contributed by atoms with Crippen molar-refractivity contribution in [1.29, 1.82) is 0 Å². The van der Waals surface area contributed by atoms with E-state index in [9.17, 15) is 5.11 Å². The standard InChI is InChI=1S/C13H21NOS/c1-10-14-12(9-16-10)8-13(15)7-11-5-3-2-4-6-11/h9,11,13,15H,2-8H2,1H3. The lowest BCUT2D eigenvalue weighted by Gasteiger charge is -2.23. The molecular formula is C13H21NOS. The molecule has 3 heteroatoms. The summed E-state index contributed by atoms with van der Waals surface area (Å²) < 4.78 is 0. The Bertz CT molecular complexity index is 317. The molecule has 1 aliphatic rings. The predicted molar refractivity (Wildman–Crippen MR) is 67.8 cm³/mol. The van der Waals surface area contributed by atoms with Crippen LogP contribution >= 0.6 is 11.3 Å². The fraction of sp³-hybridized carbons (Fsp3) is 0.769. The molecule has 2 rings (SSSR count). The van der Waals surface area contributed by atoms with Gasteiger partial charge in [-0.15, -0.1) is 11.3 Å². The molecule has 1 atom stereocenters. The lowest BCUT2D eigenvalue weighted by molar-refractivity contribution is 0.129. The lowest BCUT2D eigenvalue weighted by Crippen LogP contribution is -2.18. The normalized spacial score (nSPS) is 19.9. The number of aryl methyl sites for hydroxylation is 1. The molecule has 1 unspecified atom stereocenters. The summed E-state index contributed by atoms with van der Waals surface area (Å²) in [6, 6.07) is 0. The van der Waals surface area contributed by atoms with E-state index in [0.29, 0.717) is 0 Å². The summed E-state index contributed by atoms with van der Waals surface area (Å²) in [5.41, 5.74) is 1.06. The average molecular weight is 239 g/mol. The van der Waals surface area contributed by atoms with Gasteiger partial charge in [0.15, 0.2) is 0 Å². The van der Waals surface area contributed by atoms with Crippen LogP contribution in [0, 0.1) is 12.8 Å². The van der Waals surface area contributed by atoms with Crippen LogP contribution in [0.4, 0.5) is 0 Å². The SMILES string of the molecule is Cc1nc(CC(O)CC2CCCCC2)cs1. The molecule has 16 heavy (non-hydrogen) atoms. The molecule has 1 aromatic rings. The second kappa shape index (κ2) is 5.78. The van der Waals surface area contributed by atoms with Crippen LogP contribution in [0.5, 0.6) is 0 Å². The number of aromatic nitrogens is 1. The third kappa shape index (κ3) is 3.56. The third-order valence-electron chi connectivity index (χ3n) is 3.44. The van der Waals surface area contributed by atoms with Crippen molar-refractivity contribution in [1.82, 2.24) is 4.98 Å². The Morgan fingerprint density at radius 1 is 1.44 bits per heavy atom. The van der Waals surface area contributed by atoms with Gasteiger partial charge >= 0.3 is 0 Å². The first kappa shape index (κ1) is 12.1. The third-order valence-corrected chi connectivity index (χ3v) is 4.26. The van der Waals surface area contributed by atoms with Crippen LogP contribution in [0.1, 0.15) is 49.2 Å². The van der Waals surface area contributed by atoms with Gasteiger partial charge in [0, 0.05) is 11.8 Å². The van der Waals surface area contributed by atoms with Gasteiger partial charge in [-0.3, -0.25) is 0 Å². The molecule has 1 saturated carbocycles. The summed E-state index contributed by atoms with van der Waals surface area (Å²) in [5.74, 6) is 0.753. The van der Waals surface area contributed by atoms with Crippen molar-refractivity contribution in [3.05, 3.63) is 16.1 Å². The molecule has 0 saturated heterocycles. The van der Waals surface area contributed by atoms with Gasteiger partial charge in [0.05, 0.1) is 16.8 Å². The average Bonchev–Trinajstić information content (AvgIpc) is 2.65. The molecule has 0 aromatic carbocycles. The smallest absolute Gasteiger partial charge is 0.0897 e. The van der Waals surface area contributed by atoms with Crippen molar-refractivity contribution in [2.24, 2.45) is 5.92 Å². The van der Waals surface area contributed by atoms with Crippen molar-refractivity contribution in [2.75, 3.05) is 0 Å². The van der Waals surface area contributed by atoms with E-state index in [0.717, 1.165) is 29.5 Å². The minimum Gasteiger partial charge on any atom is -0.393 e. The monoisotopic (exact) mass is 239 g/mol. The molecule has 0 radical (unpaired) electrons. The number of thiazole rings is 1. The van der Waals surface area contributed by atoms with E-state index in [-0.39, 0.29) is 6.10 Å². The highest BCUT2D eigenvalue weighted by Crippen LogP contribution is 2.28. The van der Waals surface area contributed by atoms with Crippen molar-refractivity contribution >= 4 is 11.3 Å².